The summed E-state index contributed by atoms with van der Waals surface area (Å²) in [7, 11) is 1.99. The second kappa shape index (κ2) is 5.92. The molecule has 0 bridgehead atoms. The summed E-state index contributed by atoms with van der Waals surface area (Å²) in [6.07, 6.45) is 0. The van der Waals surface area contributed by atoms with Crippen molar-refractivity contribution in [2.75, 3.05) is 11.9 Å². The van der Waals surface area contributed by atoms with Gasteiger partial charge in [-0.2, -0.15) is 11.3 Å². The summed E-state index contributed by atoms with van der Waals surface area (Å²) in [5.41, 5.74) is 10.3. The predicted molar refractivity (Wildman–Crippen MR) is 82.6 cm³/mol. The van der Waals surface area contributed by atoms with Gasteiger partial charge in [0.15, 0.2) is 5.84 Å². The van der Waals surface area contributed by atoms with Crippen LogP contribution in [-0.4, -0.2) is 23.1 Å². The minimum absolute atomic E-state index is 0.0853. The van der Waals surface area contributed by atoms with E-state index in [4.69, 9.17) is 10.9 Å². The quantitative estimate of drug-likeness (QED) is 0.392. The lowest BCUT2D eigenvalue weighted by molar-refractivity contribution is 0.318. The van der Waals surface area contributed by atoms with E-state index < -0.39 is 0 Å². The molecule has 0 fully saturated rings. The molecule has 0 radical (unpaired) electrons. The number of rotatable bonds is 4. The number of nitrogens with zero attached hydrogens (tertiary/aromatic N) is 3. The Bertz CT molecular complexity index is 622. The number of thiophene rings is 1. The first kappa shape index (κ1) is 14.3. The molecule has 2 heterocycles. The zero-order valence-corrected chi connectivity index (χ0v) is 12.6. The lowest BCUT2D eigenvalue weighted by atomic mass is 10.1. The van der Waals surface area contributed by atoms with Gasteiger partial charge in [0.05, 0.1) is 16.9 Å². The molecule has 0 spiro atoms. The Kier molecular flexibility index (Phi) is 4.24. The third-order valence-electron chi connectivity index (χ3n) is 3.08. The van der Waals surface area contributed by atoms with Crippen LogP contribution in [0.15, 0.2) is 28.0 Å². The highest BCUT2D eigenvalue weighted by molar-refractivity contribution is 7.07. The molecule has 0 amide bonds. The van der Waals surface area contributed by atoms with Crippen LogP contribution < -0.4 is 10.6 Å². The molecule has 0 atom stereocenters. The molecule has 2 rings (SSSR count). The number of hydrogen-bond acceptors (Lipinski definition) is 5. The molecule has 3 N–H and O–H groups in total. The molecule has 0 aliphatic heterocycles. The number of anilines is 1. The Labute approximate surface area is 122 Å². The maximum Gasteiger partial charge on any atom is 0.174 e. The van der Waals surface area contributed by atoms with Gasteiger partial charge in [-0.3, -0.25) is 4.98 Å². The van der Waals surface area contributed by atoms with Crippen molar-refractivity contribution in [1.82, 2.24) is 4.98 Å². The average Bonchev–Trinajstić information content (AvgIpc) is 2.89. The zero-order chi connectivity index (χ0) is 14.7. The van der Waals surface area contributed by atoms with Gasteiger partial charge in [-0.05, 0) is 42.3 Å². The first-order chi connectivity index (χ1) is 9.52. The van der Waals surface area contributed by atoms with Gasteiger partial charge in [0.1, 0.15) is 0 Å². The van der Waals surface area contributed by atoms with Gasteiger partial charge in [-0.1, -0.05) is 5.16 Å². The Hall–Kier alpha value is -2.08. The van der Waals surface area contributed by atoms with Crippen LogP contribution in [0.2, 0.25) is 0 Å². The van der Waals surface area contributed by atoms with Gasteiger partial charge in [0, 0.05) is 19.3 Å². The van der Waals surface area contributed by atoms with E-state index in [0.717, 1.165) is 23.6 Å². The average molecular weight is 290 g/mol. The minimum atomic E-state index is 0.0853. The molecular weight excluding hydrogens is 272 g/mol. The van der Waals surface area contributed by atoms with Crippen LogP contribution in [0.3, 0.4) is 0 Å². The largest absolute Gasteiger partial charge is 0.409 e. The van der Waals surface area contributed by atoms with Crippen LogP contribution >= 0.6 is 11.3 Å². The monoisotopic (exact) mass is 290 g/mol. The summed E-state index contributed by atoms with van der Waals surface area (Å²) in [5, 5.41) is 16.2. The van der Waals surface area contributed by atoms with Gasteiger partial charge >= 0.3 is 0 Å². The third kappa shape index (κ3) is 2.91. The van der Waals surface area contributed by atoms with Crippen LogP contribution in [0.25, 0.3) is 0 Å². The summed E-state index contributed by atoms with van der Waals surface area (Å²) in [4.78, 5) is 6.47. The van der Waals surface area contributed by atoms with E-state index >= 15 is 0 Å². The van der Waals surface area contributed by atoms with Crippen LogP contribution in [0.1, 0.15) is 22.5 Å². The van der Waals surface area contributed by atoms with E-state index in [1.165, 1.54) is 5.56 Å². The van der Waals surface area contributed by atoms with Gasteiger partial charge in [0.2, 0.25) is 0 Å². The number of amidine groups is 1. The lowest BCUT2D eigenvalue weighted by Gasteiger charge is -2.23. The highest BCUT2D eigenvalue weighted by Gasteiger charge is 2.16. The topological polar surface area (TPSA) is 74.7 Å². The molecule has 106 valence electrons. The van der Waals surface area contributed by atoms with Crippen molar-refractivity contribution in [3.63, 3.8) is 0 Å². The molecule has 0 aliphatic carbocycles. The van der Waals surface area contributed by atoms with E-state index in [-0.39, 0.29) is 5.84 Å². The number of oxime groups is 1. The van der Waals surface area contributed by atoms with E-state index in [0.29, 0.717) is 5.56 Å². The highest BCUT2D eigenvalue weighted by atomic mass is 32.1. The maximum absolute atomic E-state index is 8.96. The second-order valence-electron chi connectivity index (χ2n) is 4.72. The van der Waals surface area contributed by atoms with Crippen molar-refractivity contribution in [2.24, 2.45) is 10.9 Å². The van der Waals surface area contributed by atoms with Crippen LogP contribution in [-0.2, 0) is 6.54 Å². The molecular formula is C14H18N4OS. The zero-order valence-electron chi connectivity index (χ0n) is 11.8. The number of hydrogen-bond donors (Lipinski definition) is 2. The fourth-order valence-electron chi connectivity index (χ4n) is 2.22. The molecule has 5 nitrogen and oxygen atoms in total. The molecule has 0 aliphatic rings. The van der Waals surface area contributed by atoms with Gasteiger partial charge in [-0.25, -0.2) is 0 Å². The number of nitrogens with two attached hydrogens (primary N) is 1. The maximum atomic E-state index is 8.96. The summed E-state index contributed by atoms with van der Waals surface area (Å²) in [6.45, 7) is 4.56. The van der Waals surface area contributed by atoms with E-state index in [1.807, 2.05) is 27.0 Å². The normalized spacial score (nSPS) is 11.7. The van der Waals surface area contributed by atoms with Crippen molar-refractivity contribution in [3.8, 4) is 0 Å². The summed E-state index contributed by atoms with van der Waals surface area (Å²) in [6, 6.07) is 4.04. The SMILES string of the molecule is Cc1cc(N(C)Cc2ccsc2)c(/C(N)=N/O)c(C)n1. The van der Waals surface area contributed by atoms with Gasteiger partial charge < -0.3 is 15.8 Å². The van der Waals surface area contributed by atoms with E-state index in [2.05, 4.69) is 31.9 Å². The molecule has 0 aromatic carbocycles. The molecule has 0 unspecified atom stereocenters. The Balaban J connectivity index is 2.43. The Morgan fingerprint density at radius 3 is 2.85 bits per heavy atom. The molecule has 6 heteroatoms. The Morgan fingerprint density at radius 1 is 1.50 bits per heavy atom. The lowest BCUT2D eigenvalue weighted by Crippen LogP contribution is -2.24. The van der Waals surface area contributed by atoms with Gasteiger partial charge in [0.25, 0.3) is 0 Å². The third-order valence-corrected chi connectivity index (χ3v) is 3.81. The first-order valence-corrected chi connectivity index (χ1v) is 7.15. The van der Waals surface area contributed by atoms with Crippen molar-refractivity contribution in [2.45, 2.75) is 20.4 Å². The number of aromatic nitrogens is 1. The highest BCUT2D eigenvalue weighted by Crippen LogP contribution is 2.24. The molecule has 0 saturated carbocycles. The van der Waals surface area contributed by atoms with E-state index in [1.54, 1.807) is 11.3 Å². The summed E-state index contributed by atoms with van der Waals surface area (Å²) in [5.74, 6) is 0.0853. The predicted octanol–water partition coefficient (Wildman–Crippen LogP) is 2.49. The van der Waals surface area contributed by atoms with Crippen molar-refractivity contribution in [1.29, 1.82) is 0 Å². The smallest absolute Gasteiger partial charge is 0.174 e. The van der Waals surface area contributed by atoms with Crippen molar-refractivity contribution < 1.29 is 5.21 Å². The minimum Gasteiger partial charge on any atom is -0.409 e. The first-order valence-electron chi connectivity index (χ1n) is 6.21. The molecule has 2 aromatic rings. The van der Waals surface area contributed by atoms with E-state index in [9.17, 15) is 0 Å². The summed E-state index contributed by atoms with van der Waals surface area (Å²) >= 11 is 1.67. The molecule has 20 heavy (non-hydrogen) atoms. The van der Waals surface area contributed by atoms with Gasteiger partial charge in [-0.15, -0.1) is 0 Å². The summed E-state index contributed by atoms with van der Waals surface area (Å²) < 4.78 is 0. The standard InChI is InChI=1S/C14H18N4OS/c1-9-6-12(13(10(2)16-9)14(15)17-19)18(3)7-11-4-5-20-8-11/h4-6,8,19H,7H2,1-3H3,(H2,15,17). The van der Waals surface area contributed by atoms with Crippen molar-refractivity contribution in [3.05, 3.63) is 45.4 Å². The van der Waals surface area contributed by atoms with Crippen molar-refractivity contribution >= 4 is 22.9 Å². The Morgan fingerprint density at radius 2 is 2.25 bits per heavy atom. The molecule has 0 saturated heterocycles. The van der Waals surface area contributed by atoms with Crippen LogP contribution in [0.5, 0.6) is 0 Å². The van der Waals surface area contributed by atoms with Crippen LogP contribution in [0, 0.1) is 13.8 Å². The fraction of sp³-hybridized carbons (Fsp3) is 0.286. The fourth-order valence-corrected chi connectivity index (χ4v) is 2.88. The second-order valence-corrected chi connectivity index (χ2v) is 5.50. The number of aryl methyl sites for hydroxylation is 2. The molecule has 2 aromatic heterocycles. The van der Waals surface area contributed by atoms with Crippen LogP contribution in [0.4, 0.5) is 5.69 Å². The number of pyridine rings is 1.